The van der Waals surface area contributed by atoms with Crippen LogP contribution in [0.5, 0.6) is 11.5 Å². The fraction of sp³-hybridized carbons (Fsp3) is 0.344. The van der Waals surface area contributed by atoms with Crippen molar-refractivity contribution in [2.24, 2.45) is 5.73 Å². The van der Waals surface area contributed by atoms with Crippen molar-refractivity contribution in [2.45, 2.75) is 44.4 Å². The first-order valence-corrected chi connectivity index (χ1v) is 13.4. The predicted molar refractivity (Wildman–Crippen MR) is 155 cm³/mol. The molecule has 0 spiro atoms. The van der Waals surface area contributed by atoms with Gasteiger partial charge in [-0.2, -0.15) is 0 Å². The molecule has 40 heavy (non-hydrogen) atoms. The zero-order valence-corrected chi connectivity index (χ0v) is 23.8. The van der Waals surface area contributed by atoms with Crippen molar-refractivity contribution in [3.05, 3.63) is 82.9 Å². The molecule has 212 valence electrons. The van der Waals surface area contributed by atoms with Crippen LogP contribution in [0.1, 0.15) is 76.3 Å². The Balaban J connectivity index is 2.36. The van der Waals surface area contributed by atoms with Gasteiger partial charge in [-0.25, -0.2) is 4.79 Å². The van der Waals surface area contributed by atoms with E-state index in [0.717, 1.165) is 36.0 Å². The van der Waals surface area contributed by atoms with Gasteiger partial charge in [-0.1, -0.05) is 50.5 Å². The Bertz CT molecular complexity index is 1350. The van der Waals surface area contributed by atoms with Gasteiger partial charge >= 0.3 is 5.97 Å². The number of hydrogen-bond acceptors (Lipinski definition) is 6. The number of primary amides is 1. The molecule has 0 saturated carbocycles. The fourth-order valence-corrected chi connectivity index (χ4v) is 5.17. The van der Waals surface area contributed by atoms with Gasteiger partial charge in [-0.15, -0.1) is 0 Å². The van der Waals surface area contributed by atoms with E-state index in [-0.39, 0.29) is 5.91 Å². The summed E-state index contributed by atoms with van der Waals surface area (Å²) >= 11 is 0. The van der Waals surface area contributed by atoms with Crippen LogP contribution in [0.3, 0.4) is 0 Å². The molecule has 0 saturated heterocycles. The second-order valence-corrected chi connectivity index (χ2v) is 9.51. The number of carbonyl (C=O) groups excluding carboxylic acids is 3. The maximum Gasteiger partial charge on any atom is 0.337 e. The Hall–Kier alpha value is -4.33. The van der Waals surface area contributed by atoms with Gasteiger partial charge in [-0.3, -0.25) is 9.59 Å². The number of unbranched alkanes of at least 4 members (excludes halogenated alkanes) is 2. The van der Waals surface area contributed by atoms with Crippen LogP contribution in [0.15, 0.2) is 60.7 Å². The number of methoxy groups -OCH3 is 3. The molecule has 8 heteroatoms. The van der Waals surface area contributed by atoms with Crippen LogP contribution in [0, 0.1) is 0 Å². The third-order valence-electron chi connectivity index (χ3n) is 7.17. The van der Waals surface area contributed by atoms with E-state index in [9.17, 15) is 14.4 Å². The first-order chi connectivity index (χ1) is 19.3. The van der Waals surface area contributed by atoms with Crippen LogP contribution in [0.2, 0.25) is 0 Å². The van der Waals surface area contributed by atoms with E-state index in [2.05, 4.69) is 12.2 Å². The monoisotopic (exact) mass is 546 g/mol. The molecule has 8 nitrogen and oxygen atoms in total. The van der Waals surface area contributed by atoms with Crippen LogP contribution in [0.25, 0.3) is 11.1 Å². The first-order valence-electron chi connectivity index (χ1n) is 13.4. The zero-order valence-electron chi connectivity index (χ0n) is 23.8. The molecule has 0 fully saturated rings. The molecule has 0 aliphatic rings. The highest BCUT2D eigenvalue weighted by molar-refractivity contribution is 5.98. The average molecular weight is 547 g/mol. The molecule has 3 aromatic carbocycles. The number of hydrogen-bond donors (Lipinski definition) is 2. The molecule has 2 unspecified atom stereocenters. The number of esters is 1. The normalized spacial score (nSPS) is 12.2. The minimum Gasteiger partial charge on any atom is -0.497 e. The van der Waals surface area contributed by atoms with Crippen LogP contribution >= 0.6 is 0 Å². The Labute approximate surface area is 235 Å². The summed E-state index contributed by atoms with van der Waals surface area (Å²) in [4.78, 5) is 38.8. The summed E-state index contributed by atoms with van der Waals surface area (Å²) in [5.74, 6) is -1.48. The van der Waals surface area contributed by atoms with Crippen LogP contribution in [-0.2, 0) is 9.53 Å². The quantitative estimate of drug-likeness (QED) is 0.218. The van der Waals surface area contributed by atoms with E-state index in [4.69, 9.17) is 19.9 Å². The van der Waals surface area contributed by atoms with Gasteiger partial charge in [0.15, 0.2) is 0 Å². The lowest BCUT2D eigenvalue weighted by Gasteiger charge is -2.29. The maximum absolute atomic E-state index is 13.3. The number of nitrogens with one attached hydrogen (secondary N) is 1. The first kappa shape index (κ1) is 30.2. The van der Waals surface area contributed by atoms with E-state index in [1.807, 2.05) is 18.2 Å². The summed E-state index contributed by atoms with van der Waals surface area (Å²) in [6.07, 6.45) is 3.33. The topological polar surface area (TPSA) is 117 Å². The lowest BCUT2D eigenvalue weighted by atomic mass is 9.74. The van der Waals surface area contributed by atoms with Crippen molar-refractivity contribution >= 4 is 17.8 Å². The summed E-state index contributed by atoms with van der Waals surface area (Å²) in [5.41, 5.74) is 9.65. The van der Waals surface area contributed by atoms with Crippen molar-refractivity contribution < 1.29 is 28.6 Å². The molecule has 0 bridgehead atoms. The zero-order chi connectivity index (χ0) is 29.2. The molecular weight excluding hydrogens is 508 g/mol. The third-order valence-corrected chi connectivity index (χ3v) is 7.17. The summed E-state index contributed by atoms with van der Waals surface area (Å²) in [6, 6.07) is 17.8. The number of rotatable bonds is 13. The SMILES string of the molecule is CCCCCC(c1cc(C(=O)OC)ccc1-c1ccc(OC)cc1OC)C(C(N)=O)c1ccccc1C(=O)NC. The summed E-state index contributed by atoms with van der Waals surface area (Å²) in [6.45, 7) is 2.10. The number of nitrogens with two attached hydrogens (primary N) is 1. The maximum atomic E-state index is 13.3. The van der Waals surface area contributed by atoms with Crippen LogP contribution < -0.4 is 20.5 Å². The summed E-state index contributed by atoms with van der Waals surface area (Å²) in [7, 11) is 6.03. The lowest BCUT2D eigenvalue weighted by Crippen LogP contribution is -2.30. The van der Waals surface area contributed by atoms with Crippen molar-refractivity contribution in [3.8, 4) is 22.6 Å². The molecule has 0 aliphatic heterocycles. The predicted octanol–water partition coefficient (Wildman–Crippen LogP) is 5.45. The van der Waals surface area contributed by atoms with Gasteiger partial charge in [0, 0.05) is 30.2 Å². The number of benzene rings is 3. The summed E-state index contributed by atoms with van der Waals surface area (Å²) in [5, 5.41) is 2.66. The largest absolute Gasteiger partial charge is 0.497 e. The number of ether oxygens (including phenoxy) is 3. The van der Waals surface area contributed by atoms with E-state index in [1.54, 1.807) is 63.7 Å². The van der Waals surface area contributed by atoms with E-state index in [1.165, 1.54) is 7.11 Å². The lowest BCUT2D eigenvalue weighted by molar-refractivity contribution is -0.120. The van der Waals surface area contributed by atoms with Crippen molar-refractivity contribution in [1.82, 2.24) is 5.32 Å². The van der Waals surface area contributed by atoms with Crippen LogP contribution in [-0.4, -0.2) is 46.2 Å². The fourth-order valence-electron chi connectivity index (χ4n) is 5.17. The Morgan fingerprint density at radius 2 is 1.60 bits per heavy atom. The minimum absolute atomic E-state index is 0.311. The molecule has 0 aromatic heterocycles. The van der Waals surface area contributed by atoms with E-state index >= 15 is 0 Å². The number of carbonyl (C=O) groups is 3. The minimum atomic E-state index is -0.846. The second kappa shape index (κ2) is 14.2. The molecule has 3 N–H and O–H groups in total. The standard InChI is InChI=1S/C32H38N2O6/c1-6-7-8-11-25(29(30(33)35)24-12-9-10-13-26(24)31(36)34-2)27-18-20(32(37)40-5)14-16-22(27)23-17-15-21(38-3)19-28(23)39-4/h9-10,12-19,25,29H,6-8,11H2,1-5H3,(H2,33,35)(H,34,36). The van der Waals surface area contributed by atoms with E-state index < -0.39 is 23.7 Å². The van der Waals surface area contributed by atoms with Crippen molar-refractivity contribution in [3.63, 3.8) is 0 Å². The van der Waals surface area contributed by atoms with Crippen LogP contribution in [0.4, 0.5) is 0 Å². The molecule has 0 radical (unpaired) electrons. The van der Waals surface area contributed by atoms with Gasteiger partial charge < -0.3 is 25.3 Å². The Morgan fingerprint density at radius 1 is 0.875 bits per heavy atom. The number of amides is 2. The van der Waals surface area contributed by atoms with Crippen molar-refractivity contribution in [1.29, 1.82) is 0 Å². The molecule has 2 atom stereocenters. The molecule has 3 aromatic rings. The molecule has 2 amide bonds. The Morgan fingerprint density at radius 3 is 2.23 bits per heavy atom. The van der Waals surface area contributed by atoms with E-state index in [0.29, 0.717) is 34.6 Å². The highest BCUT2D eigenvalue weighted by Crippen LogP contribution is 2.45. The van der Waals surface area contributed by atoms with Gasteiger partial charge in [0.05, 0.1) is 32.8 Å². The third kappa shape index (κ3) is 6.62. The average Bonchev–Trinajstić information content (AvgIpc) is 2.99. The molecular formula is C32H38N2O6. The molecule has 3 rings (SSSR count). The van der Waals surface area contributed by atoms with Gasteiger partial charge in [0.1, 0.15) is 11.5 Å². The summed E-state index contributed by atoms with van der Waals surface area (Å²) < 4.78 is 16.1. The highest BCUT2D eigenvalue weighted by Gasteiger charge is 2.34. The molecule has 0 heterocycles. The second-order valence-electron chi connectivity index (χ2n) is 9.51. The smallest absolute Gasteiger partial charge is 0.337 e. The Kier molecular flexibility index (Phi) is 10.7. The van der Waals surface area contributed by atoms with Crippen molar-refractivity contribution in [2.75, 3.05) is 28.4 Å². The van der Waals surface area contributed by atoms with Gasteiger partial charge in [-0.05, 0) is 53.4 Å². The highest BCUT2D eigenvalue weighted by atomic mass is 16.5. The van der Waals surface area contributed by atoms with Gasteiger partial charge in [0.2, 0.25) is 5.91 Å². The molecule has 0 aliphatic carbocycles. The van der Waals surface area contributed by atoms with Gasteiger partial charge in [0.25, 0.3) is 5.91 Å².